The van der Waals surface area contributed by atoms with E-state index in [9.17, 15) is 8.78 Å². The molecule has 0 aliphatic carbocycles. The van der Waals surface area contributed by atoms with Crippen LogP contribution in [0.3, 0.4) is 0 Å². The van der Waals surface area contributed by atoms with Crippen molar-refractivity contribution < 1.29 is 23.4 Å². The van der Waals surface area contributed by atoms with Crippen molar-refractivity contribution in [3.8, 4) is 0 Å². The number of hydrogen-bond donors (Lipinski definition) is 1. The highest BCUT2D eigenvalue weighted by atomic mass is 19.3. The fourth-order valence-corrected chi connectivity index (χ4v) is 1.22. The summed E-state index contributed by atoms with van der Waals surface area (Å²) in [5.74, 6) is -3.00. The molecule has 0 fully saturated rings. The second kappa shape index (κ2) is 7.32. The van der Waals surface area contributed by atoms with Crippen LogP contribution in [0, 0.1) is 0 Å². The van der Waals surface area contributed by atoms with Crippen molar-refractivity contribution in [2.45, 2.75) is 19.0 Å². The Labute approximate surface area is 99.0 Å². The molecule has 0 saturated carbocycles. The van der Waals surface area contributed by atoms with Crippen molar-refractivity contribution in [1.82, 2.24) is 0 Å². The zero-order valence-corrected chi connectivity index (χ0v) is 9.44. The first-order chi connectivity index (χ1) is 8.14. The third kappa shape index (κ3) is 6.31. The molecule has 0 amide bonds. The van der Waals surface area contributed by atoms with Gasteiger partial charge in [-0.25, -0.2) is 8.78 Å². The lowest BCUT2D eigenvalue weighted by Crippen LogP contribution is -2.25. The molecule has 0 aromatic heterocycles. The quantitative estimate of drug-likeness (QED) is 0.564. The largest absolute Gasteiger partial charge is 0.396 e. The van der Waals surface area contributed by atoms with Crippen LogP contribution in [0.2, 0.25) is 0 Å². The van der Waals surface area contributed by atoms with Gasteiger partial charge in [0.1, 0.15) is 13.4 Å². The number of rotatable bonds is 8. The molecule has 1 aromatic carbocycles. The minimum atomic E-state index is -3.00. The van der Waals surface area contributed by atoms with Gasteiger partial charge in [-0.1, -0.05) is 30.3 Å². The number of aliphatic hydroxyl groups excluding tert-OH is 1. The molecule has 0 atom stereocenters. The van der Waals surface area contributed by atoms with Crippen LogP contribution in [0.25, 0.3) is 0 Å². The maximum absolute atomic E-state index is 12.8. The Kier molecular flexibility index (Phi) is 6.04. The predicted octanol–water partition coefficient (Wildman–Crippen LogP) is 2.20. The molecule has 3 nitrogen and oxygen atoms in total. The van der Waals surface area contributed by atoms with Crippen LogP contribution in [0.4, 0.5) is 8.78 Å². The third-order valence-electron chi connectivity index (χ3n) is 2.07. The normalized spacial score (nSPS) is 11.7. The van der Waals surface area contributed by atoms with E-state index in [0.29, 0.717) is 6.61 Å². The molecule has 0 saturated heterocycles. The van der Waals surface area contributed by atoms with Crippen LogP contribution >= 0.6 is 0 Å². The van der Waals surface area contributed by atoms with Crippen LogP contribution in [-0.2, 0) is 16.1 Å². The van der Waals surface area contributed by atoms with Crippen LogP contribution in [-0.4, -0.2) is 31.0 Å². The smallest absolute Gasteiger partial charge is 0.273 e. The number of benzene rings is 1. The maximum Gasteiger partial charge on any atom is 0.273 e. The average Bonchev–Trinajstić information content (AvgIpc) is 2.30. The van der Waals surface area contributed by atoms with Gasteiger partial charge in [0.25, 0.3) is 5.92 Å². The third-order valence-corrected chi connectivity index (χ3v) is 2.07. The van der Waals surface area contributed by atoms with Crippen molar-refractivity contribution in [2.75, 3.05) is 20.0 Å². The molecule has 0 aliphatic rings. The van der Waals surface area contributed by atoms with E-state index in [-0.39, 0.29) is 6.79 Å². The lowest BCUT2D eigenvalue weighted by molar-refractivity contribution is -0.139. The predicted molar refractivity (Wildman–Crippen MR) is 58.7 cm³/mol. The van der Waals surface area contributed by atoms with Crippen LogP contribution < -0.4 is 0 Å². The van der Waals surface area contributed by atoms with Gasteiger partial charge in [0, 0.05) is 13.0 Å². The van der Waals surface area contributed by atoms with Gasteiger partial charge >= 0.3 is 0 Å². The van der Waals surface area contributed by atoms with Gasteiger partial charge in [-0.15, -0.1) is 0 Å². The van der Waals surface area contributed by atoms with Gasteiger partial charge in [-0.05, 0) is 5.56 Å². The second-order valence-corrected chi connectivity index (χ2v) is 3.63. The number of aliphatic hydroxyl groups is 1. The first kappa shape index (κ1) is 14.0. The zero-order chi connectivity index (χ0) is 12.6. The maximum atomic E-state index is 12.8. The highest BCUT2D eigenvalue weighted by Crippen LogP contribution is 2.17. The van der Waals surface area contributed by atoms with Gasteiger partial charge in [0.15, 0.2) is 0 Å². The van der Waals surface area contributed by atoms with Crippen molar-refractivity contribution >= 4 is 0 Å². The SMILES string of the molecule is OCCC(F)(F)COCOCc1ccccc1. The Hall–Kier alpha value is -1.04. The lowest BCUT2D eigenvalue weighted by Gasteiger charge is -2.14. The van der Waals surface area contributed by atoms with E-state index in [1.807, 2.05) is 30.3 Å². The van der Waals surface area contributed by atoms with Gasteiger partial charge in [-0.3, -0.25) is 0 Å². The van der Waals surface area contributed by atoms with Gasteiger partial charge in [-0.2, -0.15) is 0 Å². The molecule has 0 unspecified atom stereocenters. The monoisotopic (exact) mass is 246 g/mol. The fraction of sp³-hybridized carbons (Fsp3) is 0.500. The Morgan fingerprint density at radius 3 is 2.47 bits per heavy atom. The van der Waals surface area contributed by atoms with Crippen molar-refractivity contribution in [3.05, 3.63) is 35.9 Å². The fourth-order valence-electron chi connectivity index (χ4n) is 1.22. The van der Waals surface area contributed by atoms with Crippen molar-refractivity contribution in [1.29, 1.82) is 0 Å². The van der Waals surface area contributed by atoms with Gasteiger partial charge in [0.2, 0.25) is 0 Å². The number of ether oxygens (including phenoxy) is 2. The molecule has 5 heteroatoms. The Bertz CT molecular complexity index is 304. The molecule has 1 rings (SSSR count). The van der Waals surface area contributed by atoms with E-state index in [1.165, 1.54) is 0 Å². The first-order valence-electron chi connectivity index (χ1n) is 5.32. The number of hydrogen-bond acceptors (Lipinski definition) is 3. The van der Waals surface area contributed by atoms with E-state index < -0.39 is 25.6 Å². The Balaban J connectivity index is 2.09. The molecule has 17 heavy (non-hydrogen) atoms. The van der Waals surface area contributed by atoms with Gasteiger partial charge in [0.05, 0.1) is 6.61 Å². The van der Waals surface area contributed by atoms with Gasteiger partial charge < -0.3 is 14.6 Å². The van der Waals surface area contributed by atoms with E-state index in [1.54, 1.807) is 0 Å². The summed E-state index contributed by atoms with van der Waals surface area (Å²) in [5.41, 5.74) is 0.957. The summed E-state index contributed by atoms with van der Waals surface area (Å²) in [4.78, 5) is 0. The number of alkyl halides is 2. The summed E-state index contributed by atoms with van der Waals surface area (Å²) in [6, 6.07) is 9.38. The van der Waals surface area contributed by atoms with E-state index in [0.717, 1.165) is 5.56 Å². The lowest BCUT2D eigenvalue weighted by atomic mass is 10.2. The average molecular weight is 246 g/mol. The van der Waals surface area contributed by atoms with E-state index in [4.69, 9.17) is 9.84 Å². The topological polar surface area (TPSA) is 38.7 Å². The summed E-state index contributed by atoms with van der Waals surface area (Å²) in [7, 11) is 0. The summed E-state index contributed by atoms with van der Waals surface area (Å²) in [5, 5.41) is 8.39. The van der Waals surface area contributed by atoms with E-state index >= 15 is 0 Å². The summed E-state index contributed by atoms with van der Waals surface area (Å²) in [6.45, 7) is -1.15. The minimum absolute atomic E-state index is 0.185. The molecule has 1 aromatic rings. The summed E-state index contributed by atoms with van der Waals surface area (Å²) >= 11 is 0. The summed E-state index contributed by atoms with van der Waals surface area (Å²) < 4.78 is 35.4. The molecule has 0 aliphatic heterocycles. The zero-order valence-electron chi connectivity index (χ0n) is 9.44. The molecule has 0 bridgehead atoms. The Morgan fingerprint density at radius 2 is 1.82 bits per heavy atom. The molecule has 0 spiro atoms. The highest BCUT2D eigenvalue weighted by molar-refractivity contribution is 5.13. The second-order valence-electron chi connectivity index (χ2n) is 3.63. The van der Waals surface area contributed by atoms with Crippen LogP contribution in [0.1, 0.15) is 12.0 Å². The highest BCUT2D eigenvalue weighted by Gasteiger charge is 2.28. The molecular weight excluding hydrogens is 230 g/mol. The Morgan fingerprint density at radius 1 is 1.12 bits per heavy atom. The molecule has 1 N–H and O–H groups in total. The minimum Gasteiger partial charge on any atom is -0.396 e. The molecule has 0 radical (unpaired) electrons. The van der Waals surface area contributed by atoms with E-state index in [2.05, 4.69) is 4.74 Å². The first-order valence-corrected chi connectivity index (χ1v) is 5.32. The number of halogens is 2. The molecular formula is C12H16F2O3. The standard InChI is InChI=1S/C12H16F2O3/c13-12(14,6-7-15)9-17-10-16-8-11-4-2-1-3-5-11/h1-5,15H,6-10H2. The summed E-state index contributed by atoms with van der Waals surface area (Å²) in [6.07, 6.45) is -0.592. The van der Waals surface area contributed by atoms with Crippen molar-refractivity contribution in [2.24, 2.45) is 0 Å². The molecule has 96 valence electrons. The van der Waals surface area contributed by atoms with Crippen LogP contribution in [0.5, 0.6) is 0 Å². The van der Waals surface area contributed by atoms with Crippen LogP contribution in [0.15, 0.2) is 30.3 Å². The molecule has 0 heterocycles. The van der Waals surface area contributed by atoms with Crippen molar-refractivity contribution in [3.63, 3.8) is 0 Å².